The first-order chi connectivity index (χ1) is 10.4. The van der Waals surface area contributed by atoms with Crippen LogP contribution in [0, 0.1) is 11.6 Å². The number of sulfonamides is 1. The standard InChI is InChI=1S/C14H20F2N2O3S/c1-21-8-7-18-6-2-3-12(18)10-17-22(19,20)14-9-11(15)4-5-13(14)16/h4-5,9,12,17H,2-3,6-8,10H2,1H3/t12-/m1/s1. The van der Waals surface area contributed by atoms with Crippen molar-refractivity contribution in [1.29, 1.82) is 0 Å². The predicted octanol–water partition coefficient (Wildman–Crippen LogP) is 1.35. The summed E-state index contributed by atoms with van der Waals surface area (Å²) in [5, 5.41) is 0. The van der Waals surface area contributed by atoms with Crippen molar-refractivity contribution in [3.63, 3.8) is 0 Å². The van der Waals surface area contributed by atoms with Crippen molar-refractivity contribution in [2.45, 2.75) is 23.8 Å². The van der Waals surface area contributed by atoms with Crippen LogP contribution in [0.15, 0.2) is 23.1 Å². The SMILES string of the molecule is COCCN1CCC[C@@H]1CNS(=O)(=O)c1cc(F)ccc1F. The fourth-order valence-corrected chi connectivity index (χ4v) is 3.76. The highest BCUT2D eigenvalue weighted by Crippen LogP contribution is 2.19. The van der Waals surface area contributed by atoms with Crippen LogP contribution in [0.1, 0.15) is 12.8 Å². The summed E-state index contributed by atoms with van der Waals surface area (Å²) in [5.41, 5.74) is 0. The maximum Gasteiger partial charge on any atom is 0.243 e. The van der Waals surface area contributed by atoms with Gasteiger partial charge in [-0.05, 0) is 37.6 Å². The minimum absolute atomic E-state index is 0.0431. The third-order valence-electron chi connectivity index (χ3n) is 3.77. The predicted molar refractivity (Wildman–Crippen MR) is 78.0 cm³/mol. The number of methoxy groups -OCH3 is 1. The summed E-state index contributed by atoms with van der Waals surface area (Å²) in [7, 11) is -2.46. The lowest BCUT2D eigenvalue weighted by molar-refractivity contribution is 0.141. The lowest BCUT2D eigenvalue weighted by Crippen LogP contribution is -2.41. The van der Waals surface area contributed by atoms with Gasteiger partial charge in [0.05, 0.1) is 6.61 Å². The highest BCUT2D eigenvalue weighted by atomic mass is 32.2. The average molecular weight is 334 g/mol. The molecule has 1 atom stereocenters. The molecule has 8 heteroatoms. The fourth-order valence-electron chi connectivity index (χ4n) is 2.60. The van der Waals surface area contributed by atoms with E-state index in [2.05, 4.69) is 9.62 Å². The van der Waals surface area contributed by atoms with Crippen LogP contribution in [-0.2, 0) is 14.8 Å². The minimum atomic E-state index is -4.07. The first kappa shape index (κ1) is 17.3. The maximum atomic E-state index is 13.6. The molecule has 1 fully saturated rings. The summed E-state index contributed by atoms with van der Waals surface area (Å²) < 4.78 is 58.4. The number of hydrogen-bond acceptors (Lipinski definition) is 4. The Labute approximate surface area is 129 Å². The molecule has 1 saturated heterocycles. The van der Waals surface area contributed by atoms with Crippen LogP contribution in [0.4, 0.5) is 8.78 Å². The van der Waals surface area contributed by atoms with Gasteiger partial charge in [0.2, 0.25) is 10.0 Å². The molecule has 0 amide bonds. The number of rotatable bonds is 7. The molecular weight excluding hydrogens is 314 g/mol. The van der Waals surface area contributed by atoms with Crippen LogP contribution >= 0.6 is 0 Å². The van der Waals surface area contributed by atoms with Crippen LogP contribution < -0.4 is 4.72 Å². The number of likely N-dealkylation sites (tertiary alicyclic amines) is 1. The summed E-state index contributed by atoms with van der Waals surface area (Å²) in [4.78, 5) is 1.47. The molecule has 0 saturated carbocycles. The Morgan fingerprint density at radius 1 is 1.41 bits per heavy atom. The van der Waals surface area contributed by atoms with E-state index in [0.29, 0.717) is 12.7 Å². The molecule has 0 aliphatic carbocycles. The van der Waals surface area contributed by atoms with E-state index in [4.69, 9.17) is 4.74 Å². The molecule has 5 nitrogen and oxygen atoms in total. The molecule has 22 heavy (non-hydrogen) atoms. The van der Waals surface area contributed by atoms with Crippen LogP contribution in [-0.4, -0.2) is 52.7 Å². The second-order valence-electron chi connectivity index (χ2n) is 5.25. The molecule has 0 unspecified atom stereocenters. The number of benzene rings is 1. The van der Waals surface area contributed by atoms with E-state index in [-0.39, 0.29) is 12.6 Å². The van der Waals surface area contributed by atoms with Gasteiger partial charge in [-0.2, -0.15) is 0 Å². The highest BCUT2D eigenvalue weighted by Gasteiger charge is 2.27. The van der Waals surface area contributed by atoms with Crippen molar-refractivity contribution in [2.75, 3.05) is 33.4 Å². The minimum Gasteiger partial charge on any atom is -0.383 e. The zero-order valence-corrected chi connectivity index (χ0v) is 13.2. The zero-order chi connectivity index (χ0) is 16.2. The molecule has 1 aliphatic heterocycles. The van der Waals surface area contributed by atoms with Crippen molar-refractivity contribution in [3.05, 3.63) is 29.8 Å². The van der Waals surface area contributed by atoms with Crippen molar-refractivity contribution in [1.82, 2.24) is 9.62 Å². The van der Waals surface area contributed by atoms with Gasteiger partial charge in [-0.25, -0.2) is 21.9 Å². The molecule has 0 bridgehead atoms. The van der Waals surface area contributed by atoms with Gasteiger partial charge in [0, 0.05) is 26.2 Å². The average Bonchev–Trinajstić information content (AvgIpc) is 2.93. The Bertz CT molecular complexity index is 610. The summed E-state index contributed by atoms with van der Waals surface area (Å²) in [6.45, 7) is 2.34. The Balaban J connectivity index is 2.02. The molecule has 1 heterocycles. The third-order valence-corrected chi connectivity index (χ3v) is 5.21. The Hall–Kier alpha value is -1.09. The molecule has 0 aromatic heterocycles. The van der Waals surface area contributed by atoms with E-state index in [1.807, 2.05) is 0 Å². The topological polar surface area (TPSA) is 58.6 Å². The van der Waals surface area contributed by atoms with Gasteiger partial charge >= 0.3 is 0 Å². The molecule has 1 aliphatic rings. The number of nitrogens with zero attached hydrogens (tertiary/aromatic N) is 1. The Kier molecular flexibility index (Phi) is 5.85. The van der Waals surface area contributed by atoms with E-state index < -0.39 is 26.6 Å². The molecular formula is C14H20F2N2O3S. The second kappa shape index (κ2) is 7.45. The molecule has 1 aromatic carbocycles. The van der Waals surface area contributed by atoms with E-state index in [0.717, 1.165) is 38.1 Å². The first-order valence-electron chi connectivity index (χ1n) is 7.12. The third kappa shape index (κ3) is 4.22. The zero-order valence-electron chi connectivity index (χ0n) is 12.4. The van der Waals surface area contributed by atoms with Crippen molar-refractivity contribution in [2.24, 2.45) is 0 Å². The Morgan fingerprint density at radius 3 is 2.91 bits per heavy atom. The summed E-state index contributed by atoms with van der Waals surface area (Å²) in [5.74, 6) is -1.75. The largest absolute Gasteiger partial charge is 0.383 e. The second-order valence-corrected chi connectivity index (χ2v) is 6.99. The number of ether oxygens (including phenoxy) is 1. The van der Waals surface area contributed by atoms with E-state index >= 15 is 0 Å². The summed E-state index contributed by atoms with van der Waals surface area (Å²) in [6, 6.07) is 2.43. The summed E-state index contributed by atoms with van der Waals surface area (Å²) >= 11 is 0. The van der Waals surface area contributed by atoms with Gasteiger partial charge in [0.1, 0.15) is 16.5 Å². The number of hydrogen-bond donors (Lipinski definition) is 1. The smallest absolute Gasteiger partial charge is 0.243 e. The fraction of sp³-hybridized carbons (Fsp3) is 0.571. The lowest BCUT2D eigenvalue weighted by atomic mass is 10.2. The molecule has 124 valence electrons. The summed E-state index contributed by atoms with van der Waals surface area (Å²) in [6.07, 6.45) is 1.84. The van der Waals surface area contributed by atoms with Gasteiger partial charge in [-0.3, -0.25) is 4.90 Å². The molecule has 2 rings (SSSR count). The quantitative estimate of drug-likeness (QED) is 0.818. The van der Waals surface area contributed by atoms with Crippen LogP contribution in [0.2, 0.25) is 0 Å². The first-order valence-corrected chi connectivity index (χ1v) is 8.60. The van der Waals surface area contributed by atoms with Crippen molar-refractivity contribution >= 4 is 10.0 Å². The van der Waals surface area contributed by atoms with Crippen LogP contribution in [0.3, 0.4) is 0 Å². The molecule has 1 N–H and O–H groups in total. The highest BCUT2D eigenvalue weighted by molar-refractivity contribution is 7.89. The number of halogens is 2. The van der Waals surface area contributed by atoms with E-state index in [1.54, 1.807) is 7.11 Å². The van der Waals surface area contributed by atoms with Gasteiger partial charge in [0.25, 0.3) is 0 Å². The number of nitrogens with one attached hydrogen (secondary N) is 1. The maximum absolute atomic E-state index is 13.6. The van der Waals surface area contributed by atoms with Crippen molar-refractivity contribution in [3.8, 4) is 0 Å². The normalized spacial score (nSPS) is 19.7. The van der Waals surface area contributed by atoms with Crippen LogP contribution in [0.5, 0.6) is 0 Å². The van der Waals surface area contributed by atoms with Gasteiger partial charge in [-0.15, -0.1) is 0 Å². The van der Waals surface area contributed by atoms with E-state index in [1.165, 1.54) is 0 Å². The van der Waals surface area contributed by atoms with Crippen LogP contribution in [0.25, 0.3) is 0 Å². The molecule has 0 spiro atoms. The van der Waals surface area contributed by atoms with Gasteiger partial charge < -0.3 is 4.74 Å². The molecule has 0 radical (unpaired) electrons. The monoisotopic (exact) mass is 334 g/mol. The lowest BCUT2D eigenvalue weighted by Gasteiger charge is -2.24. The van der Waals surface area contributed by atoms with Crippen molar-refractivity contribution < 1.29 is 21.9 Å². The van der Waals surface area contributed by atoms with Gasteiger partial charge in [-0.1, -0.05) is 0 Å². The van der Waals surface area contributed by atoms with Gasteiger partial charge in [0.15, 0.2) is 0 Å². The molecule has 1 aromatic rings. The Morgan fingerprint density at radius 2 is 2.18 bits per heavy atom. The van der Waals surface area contributed by atoms with E-state index in [9.17, 15) is 17.2 Å².